The first-order chi connectivity index (χ1) is 18.5. The molecule has 8 heteroatoms. The molecule has 3 heterocycles. The Morgan fingerprint density at radius 3 is 2.55 bits per heavy atom. The van der Waals surface area contributed by atoms with Gasteiger partial charge >= 0.3 is 0 Å². The molecule has 0 saturated carbocycles. The summed E-state index contributed by atoms with van der Waals surface area (Å²) in [7, 11) is 0. The Morgan fingerprint density at radius 2 is 1.87 bits per heavy atom. The predicted molar refractivity (Wildman–Crippen MR) is 149 cm³/mol. The molecule has 1 aliphatic heterocycles. The third-order valence-corrected chi connectivity index (χ3v) is 7.42. The summed E-state index contributed by atoms with van der Waals surface area (Å²) in [5.41, 5.74) is 4.41. The normalized spacial score (nSPS) is 14.2. The molecule has 0 unspecified atom stereocenters. The maximum atomic E-state index is 15.1. The zero-order chi connectivity index (χ0) is 26.6. The van der Waals surface area contributed by atoms with Crippen molar-refractivity contribution >= 4 is 28.8 Å². The minimum Gasteiger partial charge on any atom is -0.494 e. The van der Waals surface area contributed by atoms with E-state index in [1.807, 2.05) is 32.0 Å². The van der Waals surface area contributed by atoms with Gasteiger partial charge < -0.3 is 15.0 Å². The number of rotatable bonds is 8. The maximum absolute atomic E-state index is 15.1. The Morgan fingerprint density at radius 1 is 1.11 bits per heavy atom. The molecule has 198 valence electrons. The molecule has 0 atom stereocenters. The van der Waals surface area contributed by atoms with E-state index in [1.54, 1.807) is 34.9 Å². The van der Waals surface area contributed by atoms with Crippen molar-refractivity contribution in [2.45, 2.75) is 45.6 Å². The largest absolute Gasteiger partial charge is 0.494 e. The molecular formula is C30H32ClFN4O2. The van der Waals surface area contributed by atoms with Gasteiger partial charge in [-0.15, -0.1) is 0 Å². The summed E-state index contributed by atoms with van der Waals surface area (Å²) in [6.07, 6.45) is 4.19. The number of aromatic nitrogens is 2. The molecule has 1 fully saturated rings. The zero-order valence-electron chi connectivity index (χ0n) is 21.7. The molecule has 5 rings (SSSR count). The fourth-order valence-electron chi connectivity index (χ4n) is 5.17. The molecule has 0 aliphatic carbocycles. The van der Waals surface area contributed by atoms with Gasteiger partial charge in [0.1, 0.15) is 22.9 Å². The lowest BCUT2D eigenvalue weighted by Crippen LogP contribution is -2.32. The van der Waals surface area contributed by atoms with Crippen molar-refractivity contribution in [3.05, 3.63) is 94.1 Å². The Hall–Kier alpha value is -3.58. The second-order valence-electron chi connectivity index (χ2n) is 9.56. The van der Waals surface area contributed by atoms with Crippen molar-refractivity contribution in [1.29, 1.82) is 0 Å². The Bertz CT molecular complexity index is 1430. The second-order valence-corrected chi connectivity index (χ2v) is 9.99. The number of carbonyl (C=O) groups is 1. The van der Waals surface area contributed by atoms with Gasteiger partial charge in [-0.3, -0.25) is 9.20 Å². The molecule has 1 aliphatic rings. The van der Waals surface area contributed by atoms with E-state index in [4.69, 9.17) is 16.3 Å². The van der Waals surface area contributed by atoms with Gasteiger partial charge in [-0.05, 0) is 80.1 Å². The SMILES string of the molecule is CCOc1ccc(N2CCC(c3ccc(CNC(=O)c4c(CC)nc5ccc(Cl)cn45)c(F)c3)CC2)cc1. The maximum Gasteiger partial charge on any atom is 0.270 e. The fourth-order valence-corrected chi connectivity index (χ4v) is 5.33. The first-order valence-corrected chi connectivity index (χ1v) is 13.6. The molecule has 1 saturated heterocycles. The van der Waals surface area contributed by atoms with E-state index in [0.29, 0.717) is 46.6 Å². The first-order valence-electron chi connectivity index (χ1n) is 13.2. The van der Waals surface area contributed by atoms with E-state index in [9.17, 15) is 4.79 Å². The van der Waals surface area contributed by atoms with Crippen LogP contribution < -0.4 is 15.0 Å². The number of hydrogen-bond acceptors (Lipinski definition) is 4. The van der Waals surface area contributed by atoms with Crippen LogP contribution in [0.1, 0.15) is 59.9 Å². The number of nitrogens with zero attached hydrogens (tertiary/aromatic N) is 3. The Labute approximate surface area is 227 Å². The predicted octanol–water partition coefficient (Wildman–Crippen LogP) is 6.40. The number of halogens is 2. The Kier molecular flexibility index (Phi) is 7.84. The number of carbonyl (C=O) groups excluding carboxylic acids is 1. The number of pyridine rings is 1. The number of aryl methyl sites for hydroxylation is 1. The summed E-state index contributed by atoms with van der Waals surface area (Å²) in [6, 6.07) is 17.1. The van der Waals surface area contributed by atoms with E-state index in [1.165, 1.54) is 5.69 Å². The average molecular weight is 535 g/mol. The standard InChI is InChI=1S/C30H32ClFN4O2/c1-3-27-29(36-19-23(31)7-12-28(36)34-27)30(37)33-18-22-6-5-21(17-26(22)32)20-13-15-35(16-14-20)24-8-10-25(11-9-24)38-4-2/h5-12,17,19-20H,3-4,13-16,18H2,1-2H3,(H,33,37). The van der Waals surface area contributed by atoms with E-state index < -0.39 is 0 Å². The van der Waals surface area contributed by atoms with E-state index in [-0.39, 0.29) is 18.3 Å². The van der Waals surface area contributed by atoms with Crippen LogP contribution in [0.4, 0.5) is 10.1 Å². The minimum absolute atomic E-state index is 0.0953. The van der Waals surface area contributed by atoms with Crippen LogP contribution in [0.25, 0.3) is 5.65 Å². The van der Waals surface area contributed by atoms with Crippen LogP contribution in [-0.4, -0.2) is 35.0 Å². The number of anilines is 1. The van der Waals surface area contributed by atoms with Crippen molar-refractivity contribution in [2.75, 3.05) is 24.6 Å². The fraction of sp³-hybridized carbons (Fsp3) is 0.333. The van der Waals surface area contributed by atoms with Crippen LogP contribution in [0, 0.1) is 5.82 Å². The van der Waals surface area contributed by atoms with Crippen LogP contribution in [0.3, 0.4) is 0 Å². The number of hydrogen-bond donors (Lipinski definition) is 1. The molecular weight excluding hydrogens is 503 g/mol. The number of piperidine rings is 1. The van der Waals surface area contributed by atoms with E-state index in [2.05, 4.69) is 27.3 Å². The van der Waals surface area contributed by atoms with Crippen LogP contribution >= 0.6 is 11.6 Å². The van der Waals surface area contributed by atoms with E-state index >= 15 is 4.39 Å². The highest BCUT2D eigenvalue weighted by Crippen LogP contribution is 2.32. The highest BCUT2D eigenvalue weighted by atomic mass is 35.5. The molecule has 0 radical (unpaired) electrons. The van der Waals surface area contributed by atoms with Crippen molar-refractivity contribution in [2.24, 2.45) is 0 Å². The number of ether oxygens (including phenoxy) is 1. The van der Waals surface area contributed by atoms with Gasteiger partial charge in [0.15, 0.2) is 0 Å². The molecule has 38 heavy (non-hydrogen) atoms. The summed E-state index contributed by atoms with van der Waals surface area (Å²) < 4.78 is 22.3. The summed E-state index contributed by atoms with van der Waals surface area (Å²) in [6.45, 7) is 6.51. The van der Waals surface area contributed by atoms with Gasteiger partial charge in [-0.2, -0.15) is 0 Å². The summed E-state index contributed by atoms with van der Waals surface area (Å²) in [5, 5.41) is 3.38. The lowest BCUT2D eigenvalue weighted by molar-refractivity contribution is 0.0943. The smallest absolute Gasteiger partial charge is 0.270 e. The molecule has 1 N–H and O–H groups in total. The second kappa shape index (κ2) is 11.4. The molecule has 6 nitrogen and oxygen atoms in total. The molecule has 2 aromatic carbocycles. The van der Waals surface area contributed by atoms with Crippen molar-refractivity contribution in [3.8, 4) is 5.75 Å². The summed E-state index contributed by atoms with van der Waals surface area (Å²) in [5.74, 6) is 0.587. The lowest BCUT2D eigenvalue weighted by atomic mass is 9.88. The average Bonchev–Trinajstić information content (AvgIpc) is 3.31. The topological polar surface area (TPSA) is 58.9 Å². The molecule has 2 aromatic heterocycles. The van der Waals surface area contributed by atoms with Gasteiger partial charge in [-0.25, -0.2) is 9.37 Å². The highest BCUT2D eigenvalue weighted by molar-refractivity contribution is 6.30. The van der Waals surface area contributed by atoms with Crippen LogP contribution in [0.2, 0.25) is 5.02 Å². The monoisotopic (exact) mass is 534 g/mol. The highest BCUT2D eigenvalue weighted by Gasteiger charge is 2.23. The minimum atomic E-state index is -0.304. The van der Waals surface area contributed by atoms with Crippen molar-refractivity contribution < 1.29 is 13.9 Å². The number of benzene rings is 2. The van der Waals surface area contributed by atoms with Gasteiger partial charge in [-0.1, -0.05) is 30.7 Å². The number of amides is 1. The van der Waals surface area contributed by atoms with E-state index in [0.717, 1.165) is 37.2 Å². The third kappa shape index (κ3) is 5.48. The zero-order valence-corrected chi connectivity index (χ0v) is 22.5. The number of fused-ring (bicyclic) bond motifs is 1. The molecule has 1 amide bonds. The van der Waals surface area contributed by atoms with Gasteiger partial charge in [0.05, 0.1) is 17.3 Å². The Balaban J connectivity index is 1.21. The molecule has 0 bridgehead atoms. The molecule has 4 aromatic rings. The number of nitrogens with one attached hydrogen (secondary N) is 1. The van der Waals surface area contributed by atoms with Gasteiger partial charge in [0.25, 0.3) is 5.91 Å². The van der Waals surface area contributed by atoms with Crippen molar-refractivity contribution in [1.82, 2.24) is 14.7 Å². The number of imidazole rings is 1. The van der Waals surface area contributed by atoms with Gasteiger partial charge in [0, 0.05) is 37.1 Å². The van der Waals surface area contributed by atoms with Crippen LogP contribution in [0.15, 0.2) is 60.8 Å². The van der Waals surface area contributed by atoms with Crippen molar-refractivity contribution in [3.63, 3.8) is 0 Å². The molecule has 0 spiro atoms. The summed E-state index contributed by atoms with van der Waals surface area (Å²) in [4.78, 5) is 20.0. The van der Waals surface area contributed by atoms with Gasteiger partial charge in [0.2, 0.25) is 0 Å². The quantitative estimate of drug-likeness (QED) is 0.284. The van der Waals surface area contributed by atoms with Crippen LogP contribution in [0.5, 0.6) is 5.75 Å². The summed E-state index contributed by atoms with van der Waals surface area (Å²) >= 11 is 6.14. The lowest BCUT2D eigenvalue weighted by Gasteiger charge is -2.34. The first kappa shape index (κ1) is 26.0. The van der Waals surface area contributed by atoms with Crippen LogP contribution in [-0.2, 0) is 13.0 Å². The third-order valence-electron chi connectivity index (χ3n) is 7.20.